The summed E-state index contributed by atoms with van der Waals surface area (Å²) >= 11 is 13.8. The van der Waals surface area contributed by atoms with Crippen molar-refractivity contribution in [3.63, 3.8) is 0 Å². The second-order valence-corrected chi connectivity index (χ2v) is 10.9. The SMILES string of the molecule is COc1ccc(-c2sc(CNS(=O)(=O)c3c(F)cccc3F)cc2-c2ccc(Cl)cc2Cl)cc1. The summed E-state index contributed by atoms with van der Waals surface area (Å²) < 4.78 is 60.8. The molecule has 4 aromatic rings. The van der Waals surface area contributed by atoms with Crippen molar-refractivity contribution in [2.45, 2.75) is 11.4 Å². The van der Waals surface area contributed by atoms with Gasteiger partial charge in [-0.3, -0.25) is 0 Å². The van der Waals surface area contributed by atoms with Crippen LogP contribution in [0.2, 0.25) is 10.0 Å². The Morgan fingerprint density at radius 3 is 2.24 bits per heavy atom. The molecule has 0 aliphatic heterocycles. The fourth-order valence-electron chi connectivity index (χ4n) is 3.37. The third-order valence-corrected chi connectivity index (χ3v) is 8.16. The lowest BCUT2D eigenvalue weighted by Crippen LogP contribution is -2.24. The van der Waals surface area contributed by atoms with Crippen LogP contribution in [0.15, 0.2) is 71.6 Å². The minimum Gasteiger partial charge on any atom is -0.497 e. The van der Waals surface area contributed by atoms with Crippen molar-refractivity contribution in [2.75, 3.05) is 7.11 Å². The first-order valence-corrected chi connectivity index (χ1v) is 12.9. The number of halogens is 4. The van der Waals surface area contributed by atoms with Gasteiger partial charge in [-0.25, -0.2) is 21.9 Å². The van der Waals surface area contributed by atoms with Gasteiger partial charge in [0, 0.05) is 37.5 Å². The predicted octanol–water partition coefficient (Wildman–Crippen LogP) is 7.15. The molecule has 0 aliphatic carbocycles. The summed E-state index contributed by atoms with van der Waals surface area (Å²) in [6.45, 7) is -0.171. The van der Waals surface area contributed by atoms with Gasteiger partial charge in [0.25, 0.3) is 0 Å². The zero-order valence-corrected chi connectivity index (χ0v) is 20.8. The Bertz CT molecular complexity index is 1440. The first-order chi connectivity index (χ1) is 16.2. The molecule has 0 saturated carbocycles. The molecule has 0 amide bonds. The zero-order chi connectivity index (χ0) is 24.5. The molecular formula is C24H17Cl2F2NO3S2. The van der Waals surface area contributed by atoms with E-state index in [1.807, 2.05) is 24.3 Å². The van der Waals surface area contributed by atoms with E-state index >= 15 is 0 Å². The maximum Gasteiger partial charge on any atom is 0.246 e. The van der Waals surface area contributed by atoms with Crippen molar-refractivity contribution >= 4 is 44.6 Å². The second-order valence-electron chi connectivity index (χ2n) is 7.18. The van der Waals surface area contributed by atoms with E-state index in [0.29, 0.717) is 26.2 Å². The van der Waals surface area contributed by atoms with Crippen LogP contribution in [0.3, 0.4) is 0 Å². The number of hydrogen-bond donors (Lipinski definition) is 1. The number of sulfonamides is 1. The molecule has 4 nitrogen and oxygen atoms in total. The maximum atomic E-state index is 14.0. The van der Waals surface area contributed by atoms with E-state index in [2.05, 4.69) is 4.72 Å². The van der Waals surface area contributed by atoms with E-state index in [4.69, 9.17) is 27.9 Å². The van der Waals surface area contributed by atoms with E-state index in [9.17, 15) is 17.2 Å². The quantitative estimate of drug-likeness (QED) is 0.271. The van der Waals surface area contributed by atoms with Gasteiger partial charge in [0.15, 0.2) is 4.90 Å². The highest BCUT2D eigenvalue weighted by Crippen LogP contribution is 2.43. The topological polar surface area (TPSA) is 55.4 Å². The van der Waals surface area contributed by atoms with Crippen molar-refractivity contribution in [3.8, 4) is 27.3 Å². The standard InChI is InChI=1S/C24H17Cl2F2NO3S2/c1-32-16-8-5-14(6-9-16)23-19(18-10-7-15(25)11-20(18)26)12-17(33-23)13-29-34(30,31)24-21(27)3-2-4-22(24)28/h2-12,29H,13H2,1H3. The van der Waals surface area contributed by atoms with Crippen molar-refractivity contribution < 1.29 is 21.9 Å². The van der Waals surface area contributed by atoms with Crippen LogP contribution in [0.4, 0.5) is 8.78 Å². The number of nitrogens with one attached hydrogen (secondary N) is 1. The molecule has 1 heterocycles. The largest absolute Gasteiger partial charge is 0.497 e. The van der Waals surface area contributed by atoms with E-state index in [0.717, 1.165) is 34.2 Å². The number of rotatable bonds is 7. The van der Waals surface area contributed by atoms with Crippen LogP contribution in [-0.4, -0.2) is 15.5 Å². The molecule has 0 bridgehead atoms. The highest BCUT2D eigenvalue weighted by Gasteiger charge is 2.24. The molecule has 0 atom stereocenters. The van der Waals surface area contributed by atoms with Gasteiger partial charge in [-0.05, 0) is 60.2 Å². The third kappa shape index (κ3) is 5.11. The smallest absolute Gasteiger partial charge is 0.246 e. The molecule has 1 N–H and O–H groups in total. The Morgan fingerprint density at radius 2 is 1.62 bits per heavy atom. The lowest BCUT2D eigenvalue weighted by atomic mass is 10.0. The molecule has 0 fully saturated rings. The third-order valence-electron chi connectivity index (χ3n) is 4.98. The van der Waals surface area contributed by atoms with E-state index in [1.165, 1.54) is 11.3 Å². The number of ether oxygens (including phenoxy) is 1. The van der Waals surface area contributed by atoms with Crippen molar-refractivity contribution in [1.29, 1.82) is 0 Å². The summed E-state index contributed by atoms with van der Waals surface area (Å²) in [5.41, 5.74) is 2.34. The van der Waals surface area contributed by atoms with Crippen molar-refractivity contribution in [3.05, 3.63) is 93.3 Å². The monoisotopic (exact) mass is 539 g/mol. The Balaban J connectivity index is 1.73. The van der Waals surface area contributed by atoms with Gasteiger partial charge >= 0.3 is 0 Å². The van der Waals surface area contributed by atoms with Gasteiger partial charge < -0.3 is 4.74 Å². The van der Waals surface area contributed by atoms with Crippen LogP contribution in [-0.2, 0) is 16.6 Å². The van der Waals surface area contributed by atoms with Crippen LogP contribution in [0.5, 0.6) is 5.75 Å². The normalized spacial score (nSPS) is 11.6. The van der Waals surface area contributed by atoms with Gasteiger partial charge in [-0.1, -0.05) is 35.3 Å². The zero-order valence-electron chi connectivity index (χ0n) is 17.6. The Labute approximate surface area is 209 Å². The fraction of sp³-hybridized carbons (Fsp3) is 0.0833. The second kappa shape index (κ2) is 10.0. The van der Waals surface area contributed by atoms with Crippen molar-refractivity contribution in [2.24, 2.45) is 0 Å². The molecule has 0 unspecified atom stereocenters. The molecule has 0 aliphatic rings. The molecule has 4 rings (SSSR count). The molecule has 176 valence electrons. The van der Waals surface area contributed by atoms with Crippen LogP contribution in [0.25, 0.3) is 21.6 Å². The van der Waals surface area contributed by atoms with Crippen LogP contribution < -0.4 is 9.46 Å². The first kappa shape index (κ1) is 24.6. The fourth-order valence-corrected chi connectivity index (χ4v) is 6.23. The summed E-state index contributed by atoms with van der Waals surface area (Å²) in [4.78, 5) is 0.438. The maximum absolute atomic E-state index is 14.0. The Hall–Kier alpha value is -2.49. The average Bonchev–Trinajstić information content (AvgIpc) is 3.21. The van der Waals surface area contributed by atoms with Crippen molar-refractivity contribution in [1.82, 2.24) is 4.72 Å². The van der Waals surface area contributed by atoms with E-state index in [-0.39, 0.29) is 6.54 Å². The molecule has 0 radical (unpaired) electrons. The molecule has 3 aromatic carbocycles. The highest BCUT2D eigenvalue weighted by atomic mass is 35.5. The number of thiophene rings is 1. The van der Waals surface area contributed by atoms with Crippen LogP contribution in [0, 0.1) is 11.6 Å². The minimum absolute atomic E-state index is 0.171. The number of benzene rings is 3. The number of methoxy groups -OCH3 is 1. The minimum atomic E-state index is -4.43. The molecule has 1 aromatic heterocycles. The summed E-state index contributed by atoms with van der Waals surface area (Å²) in [6.07, 6.45) is 0. The molecule has 10 heteroatoms. The lowest BCUT2D eigenvalue weighted by Gasteiger charge is -2.08. The predicted molar refractivity (Wildman–Crippen MR) is 132 cm³/mol. The molecule has 0 spiro atoms. The molecular weight excluding hydrogens is 523 g/mol. The van der Waals surface area contributed by atoms with Gasteiger partial charge in [0.05, 0.1) is 7.11 Å². The van der Waals surface area contributed by atoms with Gasteiger partial charge in [-0.15, -0.1) is 11.3 Å². The average molecular weight is 540 g/mol. The first-order valence-electron chi connectivity index (χ1n) is 9.86. The Morgan fingerprint density at radius 1 is 0.941 bits per heavy atom. The number of hydrogen-bond acceptors (Lipinski definition) is 4. The van der Waals surface area contributed by atoms with E-state index < -0.39 is 26.6 Å². The summed E-state index contributed by atoms with van der Waals surface area (Å²) in [6, 6.07) is 17.2. The van der Waals surface area contributed by atoms with Gasteiger partial charge in [0.2, 0.25) is 10.0 Å². The summed E-state index contributed by atoms with van der Waals surface area (Å²) in [5, 5.41) is 0.912. The van der Waals surface area contributed by atoms with Crippen LogP contribution in [0.1, 0.15) is 4.88 Å². The lowest BCUT2D eigenvalue weighted by molar-refractivity contribution is 0.415. The summed E-state index contributed by atoms with van der Waals surface area (Å²) in [5.74, 6) is -1.64. The van der Waals surface area contributed by atoms with Gasteiger partial charge in [-0.2, -0.15) is 0 Å². The Kier molecular flexibility index (Phi) is 7.25. The summed E-state index contributed by atoms with van der Waals surface area (Å²) in [7, 11) is -2.86. The van der Waals surface area contributed by atoms with Gasteiger partial charge in [0.1, 0.15) is 17.4 Å². The van der Waals surface area contributed by atoms with Crippen LogP contribution >= 0.6 is 34.5 Å². The molecule has 0 saturated heterocycles. The van der Waals surface area contributed by atoms with E-state index in [1.54, 1.807) is 31.4 Å². The molecule has 34 heavy (non-hydrogen) atoms. The highest BCUT2D eigenvalue weighted by molar-refractivity contribution is 7.89.